The maximum atomic E-state index is 6.08. The van der Waals surface area contributed by atoms with E-state index in [4.69, 9.17) is 11.6 Å². The van der Waals surface area contributed by atoms with Gasteiger partial charge in [0.2, 0.25) is 0 Å². The van der Waals surface area contributed by atoms with E-state index in [1.165, 1.54) is 38.0 Å². The van der Waals surface area contributed by atoms with Gasteiger partial charge >= 0.3 is 0 Å². The molecule has 0 amide bonds. The summed E-state index contributed by atoms with van der Waals surface area (Å²) in [5, 5.41) is 1.78. The van der Waals surface area contributed by atoms with Gasteiger partial charge in [0.05, 0.1) is 16.9 Å². The fourth-order valence-electron chi connectivity index (χ4n) is 3.35. The van der Waals surface area contributed by atoms with Gasteiger partial charge in [-0.2, -0.15) is 0 Å². The summed E-state index contributed by atoms with van der Waals surface area (Å²) in [7, 11) is 0. The van der Waals surface area contributed by atoms with Crippen LogP contribution in [-0.4, -0.2) is 27.6 Å². The molecule has 4 nitrogen and oxygen atoms in total. The molecule has 0 aliphatic carbocycles. The first-order valence-electron chi connectivity index (χ1n) is 8.49. The van der Waals surface area contributed by atoms with Gasteiger partial charge in [0.15, 0.2) is 0 Å². The minimum atomic E-state index is 0.707. The maximum Gasteiger partial charge on any atom is 0.0738 e. The van der Waals surface area contributed by atoms with Crippen LogP contribution >= 0.6 is 11.6 Å². The van der Waals surface area contributed by atoms with Crippen molar-refractivity contribution in [2.45, 2.75) is 25.8 Å². The van der Waals surface area contributed by atoms with E-state index in [1.54, 1.807) is 0 Å². The smallest absolute Gasteiger partial charge is 0.0738 e. The van der Waals surface area contributed by atoms with E-state index in [0.29, 0.717) is 5.02 Å². The zero-order chi connectivity index (χ0) is 16.4. The molecule has 1 aromatic carbocycles. The predicted octanol–water partition coefficient (Wildman–Crippen LogP) is 4.55. The highest BCUT2D eigenvalue weighted by molar-refractivity contribution is 6.31. The number of rotatable bonds is 4. The molecule has 0 atom stereocenters. The van der Waals surface area contributed by atoms with Gasteiger partial charge in [-0.3, -0.25) is 20.0 Å². The number of piperidine rings is 1. The first-order chi connectivity index (χ1) is 11.8. The molecule has 2 aromatic heterocycles. The second kappa shape index (κ2) is 6.83. The molecule has 1 saturated heterocycles. The van der Waals surface area contributed by atoms with Crippen LogP contribution in [0.4, 0.5) is 5.69 Å². The average Bonchev–Trinajstić information content (AvgIpc) is 3.02. The van der Waals surface area contributed by atoms with Crippen LogP contribution in [0.25, 0.3) is 10.9 Å². The Labute approximate surface area is 147 Å². The van der Waals surface area contributed by atoms with Crippen LogP contribution in [-0.2, 0) is 6.54 Å². The number of benzene rings is 1. The molecule has 0 spiro atoms. The maximum absolute atomic E-state index is 6.08. The van der Waals surface area contributed by atoms with Crippen LogP contribution in [0.2, 0.25) is 5.02 Å². The zero-order valence-electron chi connectivity index (χ0n) is 13.6. The van der Waals surface area contributed by atoms with Crippen LogP contribution in [0.5, 0.6) is 0 Å². The van der Waals surface area contributed by atoms with Crippen LogP contribution in [0, 0.1) is 0 Å². The van der Waals surface area contributed by atoms with Gasteiger partial charge in [0.1, 0.15) is 0 Å². The molecule has 1 aliphatic rings. The van der Waals surface area contributed by atoms with Gasteiger partial charge in [0, 0.05) is 29.3 Å². The van der Waals surface area contributed by atoms with E-state index >= 15 is 0 Å². The summed E-state index contributed by atoms with van der Waals surface area (Å²) in [6.07, 6.45) is 7.87. The first-order valence-corrected chi connectivity index (χ1v) is 8.87. The van der Waals surface area contributed by atoms with Crippen molar-refractivity contribution >= 4 is 28.2 Å². The Morgan fingerprint density at radius 3 is 2.83 bits per heavy atom. The van der Waals surface area contributed by atoms with Crippen molar-refractivity contribution in [1.29, 1.82) is 0 Å². The number of hydrogen-bond acceptors (Lipinski definition) is 3. The summed E-state index contributed by atoms with van der Waals surface area (Å²) < 4.78 is 2.11. The molecule has 0 saturated carbocycles. The van der Waals surface area contributed by atoms with Crippen molar-refractivity contribution in [2.24, 2.45) is 0 Å². The Hall–Kier alpha value is -2.04. The van der Waals surface area contributed by atoms with Gasteiger partial charge in [-0.1, -0.05) is 18.0 Å². The average molecular weight is 341 g/mol. The van der Waals surface area contributed by atoms with Crippen LogP contribution in [0.15, 0.2) is 48.8 Å². The van der Waals surface area contributed by atoms with Crippen molar-refractivity contribution in [3.05, 3.63) is 59.5 Å². The van der Waals surface area contributed by atoms with Crippen LogP contribution in [0.3, 0.4) is 0 Å². The Kier molecular flexibility index (Phi) is 4.41. The van der Waals surface area contributed by atoms with Gasteiger partial charge in [-0.15, -0.1) is 0 Å². The molecule has 0 bridgehead atoms. The van der Waals surface area contributed by atoms with Crippen molar-refractivity contribution in [2.75, 3.05) is 18.5 Å². The summed E-state index contributed by atoms with van der Waals surface area (Å²) in [6.45, 7) is 3.37. The minimum absolute atomic E-state index is 0.707. The second-order valence-electron chi connectivity index (χ2n) is 6.34. The highest BCUT2D eigenvalue weighted by Crippen LogP contribution is 2.25. The molecule has 124 valence electrons. The summed E-state index contributed by atoms with van der Waals surface area (Å²) in [5.41, 5.74) is 6.72. The van der Waals surface area contributed by atoms with E-state index in [2.05, 4.69) is 38.3 Å². The summed E-state index contributed by atoms with van der Waals surface area (Å²) in [4.78, 5) is 6.94. The molecule has 3 aromatic rings. The number of hydrogen-bond donors (Lipinski definition) is 1. The number of halogens is 1. The lowest BCUT2D eigenvalue weighted by molar-refractivity contribution is 0.217. The van der Waals surface area contributed by atoms with E-state index in [9.17, 15) is 0 Å². The third-order valence-corrected chi connectivity index (χ3v) is 4.85. The molecule has 0 unspecified atom stereocenters. The molecule has 4 rings (SSSR count). The Bertz CT molecular complexity index is 836. The molecule has 0 radical (unpaired) electrons. The van der Waals surface area contributed by atoms with Gasteiger partial charge in [-0.05, 0) is 62.3 Å². The van der Waals surface area contributed by atoms with Crippen molar-refractivity contribution in [3.63, 3.8) is 0 Å². The monoisotopic (exact) mass is 340 g/mol. The quantitative estimate of drug-likeness (QED) is 0.756. The Balaban J connectivity index is 1.59. The lowest BCUT2D eigenvalue weighted by Crippen LogP contribution is -2.30. The molecular formula is C19H21ClN4. The highest BCUT2D eigenvalue weighted by atomic mass is 35.5. The normalized spacial score (nSPS) is 15.7. The SMILES string of the molecule is Clc1ccc2c(Nn3cccc3CN3CCCCC3)ccnc2c1. The van der Waals surface area contributed by atoms with E-state index < -0.39 is 0 Å². The predicted molar refractivity (Wildman–Crippen MR) is 99.3 cm³/mol. The Morgan fingerprint density at radius 2 is 1.96 bits per heavy atom. The van der Waals surface area contributed by atoms with E-state index in [1.807, 2.05) is 30.5 Å². The topological polar surface area (TPSA) is 33.1 Å². The van der Waals surface area contributed by atoms with E-state index in [0.717, 1.165) is 23.1 Å². The van der Waals surface area contributed by atoms with Gasteiger partial charge in [-0.25, -0.2) is 0 Å². The lowest BCUT2D eigenvalue weighted by Gasteiger charge is -2.27. The Morgan fingerprint density at radius 1 is 1.08 bits per heavy atom. The third-order valence-electron chi connectivity index (χ3n) is 4.61. The molecule has 24 heavy (non-hydrogen) atoms. The summed E-state index contributed by atoms with van der Waals surface area (Å²) in [5.74, 6) is 0. The van der Waals surface area contributed by atoms with Crippen LogP contribution < -0.4 is 5.43 Å². The summed E-state index contributed by atoms with van der Waals surface area (Å²) >= 11 is 6.08. The summed E-state index contributed by atoms with van der Waals surface area (Å²) in [6, 6.07) is 12.1. The van der Waals surface area contributed by atoms with Crippen molar-refractivity contribution in [3.8, 4) is 0 Å². The van der Waals surface area contributed by atoms with Crippen molar-refractivity contribution in [1.82, 2.24) is 14.6 Å². The highest BCUT2D eigenvalue weighted by Gasteiger charge is 2.13. The molecule has 5 heteroatoms. The number of pyridine rings is 1. The number of nitrogens with one attached hydrogen (secondary N) is 1. The standard InChI is InChI=1S/C19H21ClN4/c20-15-6-7-17-18(8-9-21-19(17)13-15)22-24-12-4-5-16(24)14-23-10-2-1-3-11-23/h4-9,12-13H,1-3,10-11,14H2,(H,21,22). The number of likely N-dealkylation sites (tertiary alicyclic amines) is 1. The van der Waals surface area contributed by atoms with Gasteiger partial charge in [0.25, 0.3) is 0 Å². The molecule has 1 fully saturated rings. The van der Waals surface area contributed by atoms with E-state index in [-0.39, 0.29) is 0 Å². The largest absolute Gasteiger partial charge is 0.298 e. The molecule has 3 heterocycles. The minimum Gasteiger partial charge on any atom is -0.298 e. The van der Waals surface area contributed by atoms with Crippen LogP contribution in [0.1, 0.15) is 25.0 Å². The van der Waals surface area contributed by atoms with Gasteiger partial charge < -0.3 is 0 Å². The fourth-order valence-corrected chi connectivity index (χ4v) is 3.52. The number of fused-ring (bicyclic) bond motifs is 1. The molecular weight excluding hydrogens is 320 g/mol. The lowest BCUT2D eigenvalue weighted by atomic mass is 10.1. The van der Waals surface area contributed by atoms with Crippen molar-refractivity contribution < 1.29 is 0 Å². The second-order valence-corrected chi connectivity index (χ2v) is 6.77. The number of aromatic nitrogens is 2. The number of anilines is 1. The first kappa shape index (κ1) is 15.5. The fraction of sp³-hybridized carbons (Fsp3) is 0.316. The number of nitrogens with zero attached hydrogens (tertiary/aromatic N) is 3. The zero-order valence-corrected chi connectivity index (χ0v) is 14.3. The third kappa shape index (κ3) is 3.25. The molecule has 1 aliphatic heterocycles. The molecule has 1 N–H and O–H groups in total.